The fourth-order valence-corrected chi connectivity index (χ4v) is 4.21. The lowest BCUT2D eigenvalue weighted by atomic mass is 10.1. The lowest BCUT2D eigenvalue weighted by Crippen LogP contribution is -2.29. The molecule has 1 aromatic carbocycles. The lowest BCUT2D eigenvalue weighted by molar-refractivity contribution is -0.111. The van der Waals surface area contributed by atoms with Gasteiger partial charge in [-0.1, -0.05) is 6.58 Å². The Morgan fingerprint density at radius 2 is 1.92 bits per heavy atom. The number of amides is 1. The van der Waals surface area contributed by atoms with Crippen LogP contribution < -0.4 is 20.3 Å². The number of anilines is 4. The maximum atomic E-state index is 12.2. The van der Waals surface area contributed by atoms with Gasteiger partial charge in [-0.3, -0.25) is 4.79 Å². The largest absolute Gasteiger partial charge is 0.494 e. The lowest BCUT2D eigenvalue weighted by Gasteiger charge is -2.26. The average molecular weight is 529 g/mol. The zero-order valence-corrected chi connectivity index (χ0v) is 23.4. The highest BCUT2D eigenvalue weighted by atomic mass is 16.5. The minimum Gasteiger partial charge on any atom is -0.494 e. The van der Waals surface area contributed by atoms with Crippen molar-refractivity contribution in [2.75, 3.05) is 56.9 Å². The van der Waals surface area contributed by atoms with E-state index in [-0.39, 0.29) is 5.91 Å². The molecule has 10 nitrogen and oxygen atoms in total. The second kappa shape index (κ2) is 12.0. The number of hydrogen-bond donors (Lipinski definition) is 2. The molecule has 0 saturated carbocycles. The van der Waals surface area contributed by atoms with Crippen LogP contribution in [0.5, 0.6) is 5.75 Å². The van der Waals surface area contributed by atoms with E-state index >= 15 is 0 Å². The van der Waals surface area contributed by atoms with Gasteiger partial charge in [-0.2, -0.15) is 0 Å². The van der Waals surface area contributed by atoms with Gasteiger partial charge in [-0.25, -0.2) is 15.0 Å². The van der Waals surface area contributed by atoms with Crippen LogP contribution in [0.4, 0.5) is 23.0 Å². The molecular formula is C29H36N8O2. The number of likely N-dealkylation sites (N-methyl/N-ethyl adjacent to an activating group) is 2. The van der Waals surface area contributed by atoms with Crippen molar-refractivity contribution in [3.63, 3.8) is 0 Å². The summed E-state index contributed by atoms with van der Waals surface area (Å²) in [5.41, 5.74) is 4.61. The van der Waals surface area contributed by atoms with Gasteiger partial charge in [0.25, 0.3) is 0 Å². The second-order valence-electron chi connectivity index (χ2n) is 9.83. The number of hydrogen-bond acceptors (Lipinski definition) is 8. The Balaban J connectivity index is 1.67. The zero-order valence-electron chi connectivity index (χ0n) is 23.4. The van der Waals surface area contributed by atoms with Gasteiger partial charge in [0.1, 0.15) is 11.4 Å². The van der Waals surface area contributed by atoms with Crippen molar-refractivity contribution >= 4 is 40.0 Å². The van der Waals surface area contributed by atoms with E-state index in [1.165, 1.54) is 6.08 Å². The predicted molar refractivity (Wildman–Crippen MR) is 158 cm³/mol. The van der Waals surface area contributed by atoms with Gasteiger partial charge < -0.3 is 29.7 Å². The molecule has 3 heterocycles. The molecule has 0 aliphatic carbocycles. The first-order chi connectivity index (χ1) is 18.7. The third-order valence-electron chi connectivity index (χ3n) is 6.36. The zero-order chi connectivity index (χ0) is 28.1. The molecule has 0 atom stereocenters. The number of rotatable bonds is 11. The van der Waals surface area contributed by atoms with Gasteiger partial charge in [0, 0.05) is 61.8 Å². The van der Waals surface area contributed by atoms with Gasteiger partial charge in [0.05, 0.1) is 29.9 Å². The number of fused-ring (bicyclic) bond motifs is 1. The molecule has 0 unspecified atom stereocenters. The molecule has 10 heteroatoms. The van der Waals surface area contributed by atoms with Gasteiger partial charge >= 0.3 is 0 Å². The molecular weight excluding hydrogens is 492 g/mol. The number of carbonyl (C=O) groups excluding carboxylic acids is 1. The van der Waals surface area contributed by atoms with Gasteiger partial charge in [0.2, 0.25) is 11.9 Å². The smallest absolute Gasteiger partial charge is 0.247 e. The summed E-state index contributed by atoms with van der Waals surface area (Å²) in [6.45, 7) is 9.45. The van der Waals surface area contributed by atoms with Crippen LogP contribution in [0.3, 0.4) is 0 Å². The Hall–Kier alpha value is -4.44. The maximum Gasteiger partial charge on any atom is 0.247 e. The van der Waals surface area contributed by atoms with Gasteiger partial charge in [0.15, 0.2) is 0 Å². The molecule has 0 saturated heterocycles. The van der Waals surface area contributed by atoms with Crippen molar-refractivity contribution in [1.29, 1.82) is 0 Å². The SMILES string of the molecule is C=CC(=O)Nc1cc(Nc2nccc(-c3cnc4c(ccn4C(C)C)c3)n2)c(OC)cc1N(C)CCN(C)C. The van der Waals surface area contributed by atoms with Crippen LogP contribution in [0, 0.1) is 0 Å². The van der Waals surface area contributed by atoms with Gasteiger partial charge in [-0.05, 0) is 58.3 Å². The summed E-state index contributed by atoms with van der Waals surface area (Å²) in [6.07, 6.45) is 6.82. The van der Waals surface area contributed by atoms with E-state index in [2.05, 4.69) is 73.7 Å². The normalized spacial score (nSPS) is 11.2. The fourth-order valence-electron chi connectivity index (χ4n) is 4.21. The van der Waals surface area contributed by atoms with E-state index in [4.69, 9.17) is 9.72 Å². The highest BCUT2D eigenvalue weighted by Crippen LogP contribution is 2.38. The standard InChI is InChI=1S/C29H36N8O2/c1-8-27(38)32-23-16-24(26(39-7)17-25(23)36(6)14-13-35(4)5)34-29-30-11-9-22(33-29)21-15-20-10-12-37(19(2)3)28(20)31-18-21/h8-12,15-19H,1,13-14H2,2-7H3,(H,32,38)(H,30,33,34). The molecule has 0 bridgehead atoms. The number of pyridine rings is 1. The number of aromatic nitrogens is 4. The number of ether oxygens (including phenoxy) is 1. The van der Waals surface area contributed by atoms with E-state index < -0.39 is 0 Å². The third-order valence-corrected chi connectivity index (χ3v) is 6.36. The van der Waals surface area contributed by atoms with Crippen LogP contribution in [-0.4, -0.2) is 71.7 Å². The number of benzene rings is 1. The third kappa shape index (κ3) is 6.35. The summed E-state index contributed by atoms with van der Waals surface area (Å²) in [7, 11) is 7.62. The summed E-state index contributed by atoms with van der Waals surface area (Å²) in [5, 5.41) is 7.22. The van der Waals surface area contributed by atoms with Crippen LogP contribution in [0.2, 0.25) is 0 Å². The minimum atomic E-state index is -0.305. The number of methoxy groups -OCH3 is 1. The van der Waals surface area contributed by atoms with E-state index in [1.54, 1.807) is 13.3 Å². The highest BCUT2D eigenvalue weighted by Gasteiger charge is 2.17. The molecule has 4 aromatic rings. The maximum absolute atomic E-state index is 12.2. The summed E-state index contributed by atoms with van der Waals surface area (Å²) in [5.74, 6) is 0.673. The first-order valence-electron chi connectivity index (χ1n) is 12.8. The molecule has 0 aliphatic heterocycles. The first kappa shape index (κ1) is 27.6. The molecule has 0 fully saturated rings. The van der Waals surface area contributed by atoms with Crippen molar-refractivity contribution in [3.8, 4) is 17.0 Å². The minimum absolute atomic E-state index is 0.305. The quantitative estimate of drug-likeness (QED) is 0.264. The summed E-state index contributed by atoms with van der Waals surface area (Å²) in [6, 6.07) is 10.0. The summed E-state index contributed by atoms with van der Waals surface area (Å²) in [4.78, 5) is 30.2. The van der Waals surface area contributed by atoms with Crippen LogP contribution in [0.25, 0.3) is 22.3 Å². The molecule has 0 aliphatic rings. The van der Waals surface area contributed by atoms with E-state index in [1.807, 2.05) is 45.5 Å². The molecule has 2 N–H and O–H groups in total. The summed E-state index contributed by atoms with van der Waals surface area (Å²) >= 11 is 0. The van der Waals surface area contributed by atoms with Crippen LogP contribution >= 0.6 is 0 Å². The molecule has 3 aromatic heterocycles. The Bertz CT molecular complexity index is 1480. The molecule has 39 heavy (non-hydrogen) atoms. The van der Waals surface area contributed by atoms with Crippen molar-refractivity contribution in [1.82, 2.24) is 24.4 Å². The molecule has 0 spiro atoms. The van der Waals surface area contributed by atoms with E-state index in [0.29, 0.717) is 29.1 Å². The van der Waals surface area contributed by atoms with Crippen LogP contribution in [0.1, 0.15) is 19.9 Å². The Morgan fingerprint density at radius 3 is 2.62 bits per heavy atom. The highest BCUT2D eigenvalue weighted by molar-refractivity contribution is 6.02. The monoisotopic (exact) mass is 528 g/mol. The average Bonchev–Trinajstić information content (AvgIpc) is 3.35. The molecule has 4 rings (SSSR count). The number of nitrogens with one attached hydrogen (secondary N) is 2. The van der Waals surface area contributed by atoms with Crippen molar-refractivity contribution in [2.24, 2.45) is 0 Å². The number of carbonyl (C=O) groups is 1. The topological polar surface area (TPSA) is 100 Å². The van der Waals surface area contributed by atoms with Crippen molar-refractivity contribution in [2.45, 2.75) is 19.9 Å². The molecule has 1 amide bonds. The fraction of sp³-hybridized carbons (Fsp3) is 0.310. The summed E-state index contributed by atoms with van der Waals surface area (Å²) < 4.78 is 7.85. The molecule has 0 radical (unpaired) electrons. The van der Waals surface area contributed by atoms with Crippen molar-refractivity contribution < 1.29 is 9.53 Å². The van der Waals surface area contributed by atoms with Crippen LogP contribution in [0.15, 0.2) is 61.6 Å². The van der Waals surface area contributed by atoms with E-state index in [9.17, 15) is 4.79 Å². The van der Waals surface area contributed by atoms with E-state index in [0.717, 1.165) is 41.1 Å². The first-order valence-corrected chi connectivity index (χ1v) is 12.8. The molecule has 204 valence electrons. The number of nitrogens with zero attached hydrogens (tertiary/aromatic N) is 6. The van der Waals surface area contributed by atoms with Crippen LogP contribution in [-0.2, 0) is 4.79 Å². The predicted octanol–water partition coefficient (Wildman–Crippen LogP) is 4.95. The van der Waals surface area contributed by atoms with Crippen molar-refractivity contribution in [3.05, 3.63) is 61.6 Å². The Labute approximate surface area is 229 Å². The second-order valence-corrected chi connectivity index (χ2v) is 9.83. The Kier molecular flexibility index (Phi) is 8.46. The van der Waals surface area contributed by atoms with Gasteiger partial charge in [-0.15, -0.1) is 0 Å². The Morgan fingerprint density at radius 1 is 1.13 bits per heavy atom.